The molecule has 0 aliphatic heterocycles. The van der Waals surface area contributed by atoms with E-state index >= 15 is 0 Å². The molecule has 2 aromatic rings. The first kappa shape index (κ1) is 17.2. The minimum Gasteiger partial charge on any atom is -0.462 e. The van der Waals surface area contributed by atoms with Gasteiger partial charge in [0.15, 0.2) is 0 Å². The minimum atomic E-state index is -0.518. The number of esters is 2. The second kappa shape index (κ2) is 8.48. The molecule has 0 atom stereocenters. The highest BCUT2D eigenvalue weighted by molar-refractivity contribution is 9.10. The zero-order valence-electron chi connectivity index (χ0n) is 12.8. The van der Waals surface area contributed by atoms with Gasteiger partial charge in [-0.15, -0.1) is 0 Å². The third-order valence-electron chi connectivity index (χ3n) is 3.09. The maximum atomic E-state index is 12.1. The highest BCUT2D eigenvalue weighted by Gasteiger charge is 2.13. The van der Waals surface area contributed by atoms with Crippen LogP contribution in [0.5, 0.6) is 5.75 Å². The van der Waals surface area contributed by atoms with Crippen LogP contribution in [0.2, 0.25) is 0 Å². The van der Waals surface area contributed by atoms with Crippen LogP contribution >= 0.6 is 15.9 Å². The van der Waals surface area contributed by atoms with E-state index in [1.807, 2.05) is 6.92 Å². The summed E-state index contributed by atoms with van der Waals surface area (Å²) in [6.45, 7) is 2.40. The van der Waals surface area contributed by atoms with Crippen LogP contribution in [0.4, 0.5) is 0 Å². The van der Waals surface area contributed by atoms with E-state index in [1.165, 1.54) is 6.07 Å². The number of halogens is 1. The van der Waals surface area contributed by atoms with Crippen LogP contribution in [0, 0.1) is 0 Å². The summed E-state index contributed by atoms with van der Waals surface area (Å²) in [6, 6.07) is 13.3. The lowest BCUT2D eigenvalue weighted by Crippen LogP contribution is -2.11. The summed E-state index contributed by atoms with van der Waals surface area (Å²) in [6.07, 6.45) is 1.77. The van der Waals surface area contributed by atoms with Crippen molar-refractivity contribution in [1.29, 1.82) is 0 Å². The van der Waals surface area contributed by atoms with Crippen molar-refractivity contribution in [3.8, 4) is 5.75 Å². The van der Waals surface area contributed by atoms with Gasteiger partial charge < -0.3 is 9.47 Å². The van der Waals surface area contributed by atoms with Crippen molar-refractivity contribution >= 4 is 27.9 Å². The van der Waals surface area contributed by atoms with Crippen LogP contribution in [-0.2, 0) is 4.74 Å². The normalized spacial score (nSPS) is 10.2. The first-order valence-electron chi connectivity index (χ1n) is 7.35. The number of carbonyl (C=O) groups excluding carboxylic acids is 2. The van der Waals surface area contributed by atoms with Gasteiger partial charge in [-0.05, 0) is 48.9 Å². The Morgan fingerprint density at radius 2 is 1.65 bits per heavy atom. The van der Waals surface area contributed by atoms with Gasteiger partial charge in [-0.3, -0.25) is 0 Å². The first-order valence-corrected chi connectivity index (χ1v) is 8.14. The van der Waals surface area contributed by atoms with Crippen LogP contribution in [0.3, 0.4) is 0 Å². The van der Waals surface area contributed by atoms with Gasteiger partial charge in [0.1, 0.15) is 5.75 Å². The van der Waals surface area contributed by atoms with Crippen molar-refractivity contribution in [2.45, 2.75) is 19.8 Å². The first-order chi connectivity index (χ1) is 11.1. The molecule has 5 heteroatoms. The van der Waals surface area contributed by atoms with Gasteiger partial charge in [-0.1, -0.05) is 35.3 Å². The molecule has 2 rings (SSSR count). The van der Waals surface area contributed by atoms with E-state index in [1.54, 1.807) is 42.5 Å². The zero-order chi connectivity index (χ0) is 16.7. The summed E-state index contributed by atoms with van der Waals surface area (Å²) in [7, 11) is 0. The summed E-state index contributed by atoms with van der Waals surface area (Å²) in [5.74, 6) is -0.513. The van der Waals surface area contributed by atoms with Crippen molar-refractivity contribution < 1.29 is 19.1 Å². The van der Waals surface area contributed by atoms with Crippen molar-refractivity contribution in [2.24, 2.45) is 0 Å². The summed E-state index contributed by atoms with van der Waals surface area (Å²) >= 11 is 3.32. The van der Waals surface area contributed by atoms with E-state index in [4.69, 9.17) is 9.47 Å². The summed E-state index contributed by atoms with van der Waals surface area (Å²) < 4.78 is 11.3. The van der Waals surface area contributed by atoms with Gasteiger partial charge in [-0.2, -0.15) is 0 Å². The Labute approximate surface area is 143 Å². The van der Waals surface area contributed by atoms with Crippen molar-refractivity contribution in [2.75, 3.05) is 6.61 Å². The molecule has 0 heterocycles. The number of ether oxygens (including phenoxy) is 2. The van der Waals surface area contributed by atoms with Crippen molar-refractivity contribution in [3.05, 3.63) is 64.1 Å². The second-order valence-electron chi connectivity index (χ2n) is 4.91. The maximum absolute atomic E-state index is 12.1. The molecule has 0 amide bonds. The predicted molar refractivity (Wildman–Crippen MR) is 90.7 cm³/mol. The standard InChI is InChI=1S/C18H17BrO4/c1-2-3-11-22-17(20)13-5-4-6-14(12-13)18(21)23-16-9-7-15(19)8-10-16/h4-10,12H,2-3,11H2,1H3. The van der Waals surface area contributed by atoms with Gasteiger partial charge in [0.05, 0.1) is 17.7 Å². The fraction of sp³-hybridized carbons (Fsp3) is 0.222. The fourth-order valence-corrected chi connectivity index (χ4v) is 2.10. The molecule has 0 saturated carbocycles. The van der Waals surface area contributed by atoms with Crippen molar-refractivity contribution in [3.63, 3.8) is 0 Å². The second-order valence-corrected chi connectivity index (χ2v) is 5.83. The monoisotopic (exact) mass is 376 g/mol. The molecular weight excluding hydrogens is 360 g/mol. The highest BCUT2D eigenvalue weighted by atomic mass is 79.9. The van der Waals surface area contributed by atoms with Gasteiger partial charge in [0.25, 0.3) is 0 Å². The fourth-order valence-electron chi connectivity index (χ4n) is 1.83. The third kappa shape index (κ3) is 5.21. The minimum absolute atomic E-state index is 0.304. The smallest absolute Gasteiger partial charge is 0.343 e. The van der Waals surface area contributed by atoms with Gasteiger partial charge in [-0.25, -0.2) is 9.59 Å². The maximum Gasteiger partial charge on any atom is 0.343 e. The molecule has 0 radical (unpaired) electrons. The summed E-state index contributed by atoms with van der Waals surface area (Å²) in [5.41, 5.74) is 0.643. The average molecular weight is 377 g/mol. The number of hydrogen-bond acceptors (Lipinski definition) is 4. The average Bonchev–Trinajstić information content (AvgIpc) is 2.57. The Hall–Kier alpha value is -2.14. The lowest BCUT2D eigenvalue weighted by Gasteiger charge is -2.07. The molecule has 0 saturated heterocycles. The molecule has 0 aliphatic carbocycles. The van der Waals surface area contributed by atoms with Crippen LogP contribution in [-0.4, -0.2) is 18.5 Å². The molecule has 0 aromatic heterocycles. The van der Waals surface area contributed by atoms with E-state index in [0.717, 1.165) is 17.3 Å². The number of hydrogen-bond donors (Lipinski definition) is 0. The van der Waals surface area contributed by atoms with Crippen LogP contribution < -0.4 is 4.74 Å². The van der Waals surface area contributed by atoms with E-state index in [2.05, 4.69) is 15.9 Å². The Morgan fingerprint density at radius 1 is 1.00 bits per heavy atom. The van der Waals surface area contributed by atoms with Crippen LogP contribution in [0.25, 0.3) is 0 Å². The van der Waals surface area contributed by atoms with Crippen molar-refractivity contribution in [1.82, 2.24) is 0 Å². The summed E-state index contributed by atoms with van der Waals surface area (Å²) in [5, 5.41) is 0. The van der Waals surface area contributed by atoms with Gasteiger partial charge in [0.2, 0.25) is 0 Å². The third-order valence-corrected chi connectivity index (χ3v) is 3.62. The molecule has 23 heavy (non-hydrogen) atoms. The zero-order valence-corrected chi connectivity index (χ0v) is 14.3. The van der Waals surface area contributed by atoms with E-state index in [-0.39, 0.29) is 0 Å². The molecule has 0 fully saturated rings. The Morgan fingerprint density at radius 3 is 2.30 bits per heavy atom. The molecule has 0 spiro atoms. The summed E-state index contributed by atoms with van der Waals surface area (Å²) in [4.78, 5) is 24.1. The molecule has 0 bridgehead atoms. The SMILES string of the molecule is CCCCOC(=O)c1cccc(C(=O)Oc2ccc(Br)cc2)c1. The molecule has 2 aromatic carbocycles. The number of unbranched alkanes of at least 4 members (excludes halogenated alkanes) is 1. The van der Waals surface area contributed by atoms with Gasteiger partial charge >= 0.3 is 11.9 Å². The molecular formula is C18H17BrO4. The van der Waals surface area contributed by atoms with E-state index in [9.17, 15) is 9.59 Å². The van der Waals surface area contributed by atoms with Crippen LogP contribution in [0.15, 0.2) is 53.0 Å². The predicted octanol–water partition coefficient (Wildman–Crippen LogP) is 4.63. The number of rotatable bonds is 6. The highest BCUT2D eigenvalue weighted by Crippen LogP contribution is 2.18. The Kier molecular flexibility index (Phi) is 6.35. The van der Waals surface area contributed by atoms with E-state index < -0.39 is 11.9 Å². The quantitative estimate of drug-likeness (QED) is 0.419. The molecule has 4 nitrogen and oxygen atoms in total. The molecule has 120 valence electrons. The lowest BCUT2D eigenvalue weighted by atomic mass is 10.1. The number of benzene rings is 2. The molecule has 0 N–H and O–H groups in total. The Balaban J connectivity index is 2.04. The molecule has 0 aliphatic rings. The van der Waals surface area contributed by atoms with Crippen LogP contribution in [0.1, 0.15) is 40.5 Å². The topological polar surface area (TPSA) is 52.6 Å². The van der Waals surface area contributed by atoms with Gasteiger partial charge in [0, 0.05) is 4.47 Å². The van der Waals surface area contributed by atoms with E-state index in [0.29, 0.717) is 23.5 Å². The Bertz CT molecular complexity index is 680. The lowest BCUT2D eigenvalue weighted by molar-refractivity contribution is 0.0499. The number of carbonyl (C=O) groups is 2. The molecule has 0 unspecified atom stereocenters. The largest absolute Gasteiger partial charge is 0.462 e.